The van der Waals surface area contributed by atoms with Gasteiger partial charge in [0.05, 0.1) is 35.4 Å². The van der Waals surface area contributed by atoms with E-state index in [1.165, 1.54) is 7.11 Å². The van der Waals surface area contributed by atoms with Gasteiger partial charge in [0.2, 0.25) is 5.91 Å². The Morgan fingerprint density at radius 1 is 1.07 bits per heavy atom. The molecular formula is C35H41BN4O6. The van der Waals surface area contributed by atoms with Gasteiger partial charge in [-0.3, -0.25) is 4.79 Å². The molecule has 4 heterocycles. The number of rotatable bonds is 5. The number of nitrogens with zero attached hydrogens (tertiary/aromatic N) is 2. The van der Waals surface area contributed by atoms with Crippen LogP contribution in [0.15, 0.2) is 42.5 Å². The summed E-state index contributed by atoms with van der Waals surface area (Å²) in [6.45, 7) is 13.1. The Labute approximate surface area is 269 Å². The second kappa shape index (κ2) is 11.0. The topological polar surface area (TPSA) is 115 Å². The molecule has 3 aliphatic rings. The zero-order chi connectivity index (χ0) is 32.5. The summed E-state index contributed by atoms with van der Waals surface area (Å²) in [5.74, 6) is 1.33. The van der Waals surface area contributed by atoms with E-state index in [0.717, 1.165) is 68.4 Å². The molecule has 11 heteroatoms. The van der Waals surface area contributed by atoms with Gasteiger partial charge >= 0.3 is 13.2 Å². The second-order valence-corrected chi connectivity index (χ2v) is 14.0. The van der Waals surface area contributed by atoms with E-state index in [-0.39, 0.29) is 17.9 Å². The Morgan fingerprint density at radius 3 is 2.54 bits per heavy atom. The van der Waals surface area contributed by atoms with Gasteiger partial charge in [0, 0.05) is 17.5 Å². The summed E-state index contributed by atoms with van der Waals surface area (Å²) < 4.78 is 23.7. The lowest BCUT2D eigenvalue weighted by Crippen LogP contribution is -2.51. The summed E-state index contributed by atoms with van der Waals surface area (Å²) in [4.78, 5) is 36.0. The third-order valence-corrected chi connectivity index (χ3v) is 10.2. The van der Waals surface area contributed by atoms with Gasteiger partial charge in [0.1, 0.15) is 24.2 Å². The number of carbonyl (C=O) groups is 2. The number of aromatic nitrogens is 2. The van der Waals surface area contributed by atoms with E-state index in [0.29, 0.717) is 13.2 Å². The van der Waals surface area contributed by atoms with Crippen molar-refractivity contribution in [1.29, 1.82) is 0 Å². The van der Waals surface area contributed by atoms with Crippen LogP contribution in [0.2, 0.25) is 0 Å². The number of amides is 2. The van der Waals surface area contributed by atoms with Gasteiger partial charge in [-0.2, -0.15) is 0 Å². The zero-order valence-corrected chi connectivity index (χ0v) is 27.5. The first-order valence-corrected chi connectivity index (χ1v) is 16.1. The third-order valence-electron chi connectivity index (χ3n) is 10.2. The molecule has 0 spiro atoms. The number of nitrogens with one attached hydrogen (secondary N) is 2. The summed E-state index contributed by atoms with van der Waals surface area (Å²) in [5.41, 5.74) is 5.17. The Morgan fingerprint density at radius 2 is 1.83 bits per heavy atom. The summed E-state index contributed by atoms with van der Waals surface area (Å²) in [7, 11) is 0.871. The van der Waals surface area contributed by atoms with Crippen LogP contribution in [-0.4, -0.2) is 64.9 Å². The number of ether oxygens (including phenoxy) is 2. The van der Waals surface area contributed by atoms with E-state index >= 15 is 0 Å². The summed E-state index contributed by atoms with van der Waals surface area (Å²) in [6.07, 6.45) is 1.03. The van der Waals surface area contributed by atoms with Gasteiger partial charge < -0.3 is 34.0 Å². The van der Waals surface area contributed by atoms with Crippen LogP contribution in [-0.2, 0) is 25.4 Å². The van der Waals surface area contributed by atoms with Crippen LogP contribution >= 0.6 is 0 Å². The maximum Gasteiger partial charge on any atom is 0.494 e. The van der Waals surface area contributed by atoms with Gasteiger partial charge in [-0.1, -0.05) is 38.1 Å². The smallest absolute Gasteiger partial charge is 0.488 e. The Kier molecular flexibility index (Phi) is 7.32. The molecule has 3 aromatic carbocycles. The molecule has 2 saturated heterocycles. The van der Waals surface area contributed by atoms with Crippen LogP contribution in [0.1, 0.15) is 71.8 Å². The Hall–Kier alpha value is -4.09. The maximum atomic E-state index is 13.6. The average Bonchev–Trinajstić information content (AvgIpc) is 3.73. The second-order valence-electron chi connectivity index (χ2n) is 14.0. The van der Waals surface area contributed by atoms with Crippen LogP contribution < -0.4 is 15.5 Å². The number of imidazole rings is 1. The molecule has 1 aromatic heterocycles. The Balaban J connectivity index is 1.19. The van der Waals surface area contributed by atoms with E-state index in [9.17, 15) is 9.59 Å². The lowest BCUT2D eigenvalue weighted by Gasteiger charge is -2.32. The molecule has 2 amide bonds. The molecule has 2 fully saturated rings. The monoisotopic (exact) mass is 624 g/mol. The SMILES string of the molecule is COC(=O)N[C@H](C(=O)N1CCC[C@H]1c1nc2c(ccc3cc4c(cc32)OCc2cc(B3OC(C)(C)C(C)(C)O3)ccc2-4)[nH]1)C(C)C. The fourth-order valence-corrected chi connectivity index (χ4v) is 6.80. The first kappa shape index (κ1) is 30.6. The number of hydrogen-bond acceptors (Lipinski definition) is 7. The number of fused-ring (bicyclic) bond motifs is 6. The minimum atomic E-state index is -0.683. The normalized spacial score (nSPS) is 20.5. The molecule has 0 saturated carbocycles. The fraction of sp³-hybridized carbons (Fsp3) is 0.457. The lowest BCUT2D eigenvalue weighted by atomic mass is 9.77. The van der Waals surface area contributed by atoms with E-state index in [2.05, 4.69) is 74.4 Å². The summed E-state index contributed by atoms with van der Waals surface area (Å²) >= 11 is 0. The van der Waals surface area contributed by atoms with Crippen molar-refractivity contribution in [2.45, 2.75) is 84.3 Å². The molecule has 2 atom stereocenters. The summed E-state index contributed by atoms with van der Waals surface area (Å²) in [5, 5.41) is 4.75. The average molecular weight is 625 g/mol. The molecule has 240 valence electrons. The molecule has 46 heavy (non-hydrogen) atoms. The van der Waals surface area contributed by atoms with Gasteiger partial charge in [0.25, 0.3) is 0 Å². The zero-order valence-electron chi connectivity index (χ0n) is 27.5. The number of likely N-dealkylation sites (tertiary alicyclic amines) is 1. The maximum absolute atomic E-state index is 13.6. The number of benzene rings is 3. The van der Waals surface area contributed by atoms with Crippen LogP contribution in [0.25, 0.3) is 32.9 Å². The van der Waals surface area contributed by atoms with Crippen molar-refractivity contribution in [2.24, 2.45) is 5.92 Å². The van der Waals surface area contributed by atoms with Crippen molar-refractivity contribution in [2.75, 3.05) is 13.7 Å². The molecular weight excluding hydrogens is 583 g/mol. The standard InChI is InChI=1S/C35H41BN4O6/c1-19(2)29(39-33(42)43-7)32(41)40-14-8-9-27(40)31-37-26-13-10-20-16-25-23-12-11-22(36-45-34(3,4)35(5,6)46-36)15-21(23)18-44-28(25)17-24(20)30(26)38-31/h10-13,15-17,19,27,29H,8-9,14,18H2,1-7H3,(H,37,38)(H,39,42)/t27-,29-/m0/s1. The number of aromatic amines is 1. The van der Waals surface area contributed by atoms with Gasteiger partial charge in [-0.05, 0) is 86.6 Å². The predicted octanol–water partition coefficient (Wildman–Crippen LogP) is 5.62. The molecule has 2 N–H and O–H groups in total. The molecule has 0 aliphatic carbocycles. The molecule has 0 unspecified atom stereocenters. The number of methoxy groups -OCH3 is 1. The minimum absolute atomic E-state index is 0.0981. The molecule has 0 bridgehead atoms. The van der Waals surface area contributed by atoms with Crippen molar-refractivity contribution >= 4 is 46.4 Å². The third kappa shape index (κ3) is 5.00. The summed E-state index contributed by atoms with van der Waals surface area (Å²) in [6, 6.07) is 13.8. The molecule has 0 radical (unpaired) electrons. The van der Waals surface area contributed by atoms with Crippen molar-refractivity contribution in [3.05, 3.63) is 53.9 Å². The quantitative estimate of drug-likeness (QED) is 0.277. The van der Waals surface area contributed by atoms with E-state index in [1.54, 1.807) is 0 Å². The lowest BCUT2D eigenvalue weighted by molar-refractivity contribution is -0.135. The molecule has 7 rings (SSSR count). The Bertz CT molecular complexity index is 1850. The van der Waals surface area contributed by atoms with Crippen molar-refractivity contribution in [3.63, 3.8) is 0 Å². The van der Waals surface area contributed by atoms with Crippen LogP contribution in [0, 0.1) is 5.92 Å². The van der Waals surface area contributed by atoms with Crippen LogP contribution in [0.5, 0.6) is 5.75 Å². The largest absolute Gasteiger partial charge is 0.494 e. The minimum Gasteiger partial charge on any atom is -0.488 e. The van der Waals surface area contributed by atoms with Crippen molar-refractivity contribution in [1.82, 2.24) is 20.2 Å². The number of alkyl carbamates (subject to hydrolysis) is 1. The first-order chi connectivity index (χ1) is 21.9. The van der Waals surface area contributed by atoms with Crippen LogP contribution in [0.4, 0.5) is 4.79 Å². The molecule has 3 aliphatic heterocycles. The highest BCUT2D eigenvalue weighted by molar-refractivity contribution is 6.62. The van der Waals surface area contributed by atoms with Gasteiger partial charge in [-0.25, -0.2) is 9.78 Å². The highest BCUT2D eigenvalue weighted by Crippen LogP contribution is 2.43. The van der Waals surface area contributed by atoms with Crippen LogP contribution in [0.3, 0.4) is 0 Å². The molecule has 10 nitrogen and oxygen atoms in total. The number of H-pyrrole nitrogens is 1. The van der Waals surface area contributed by atoms with Gasteiger partial charge in [0.15, 0.2) is 0 Å². The van der Waals surface area contributed by atoms with Crippen molar-refractivity contribution < 1.29 is 28.4 Å². The van der Waals surface area contributed by atoms with E-state index in [1.807, 2.05) is 24.8 Å². The van der Waals surface area contributed by atoms with Gasteiger partial charge in [-0.15, -0.1) is 0 Å². The predicted molar refractivity (Wildman–Crippen MR) is 177 cm³/mol. The fourth-order valence-electron chi connectivity index (χ4n) is 6.80. The van der Waals surface area contributed by atoms with E-state index in [4.69, 9.17) is 23.8 Å². The number of carbonyl (C=O) groups excluding carboxylic acids is 2. The van der Waals surface area contributed by atoms with Crippen molar-refractivity contribution in [3.8, 4) is 16.9 Å². The highest BCUT2D eigenvalue weighted by atomic mass is 16.7. The molecule has 4 aromatic rings. The van der Waals surface area contributed by atoms with E-state index < -0.39 is 30.5 Å². The highest BCUT2D eigenvalue weighted by Gasteiger charge is 2.51. The number of hydrogen-bond donors (Lipinski definition) is 2. The first-order valence-electron chi connectivity index (χ1n) is 16.1.